The van der Waals surface area contributed by atoms with E-state index in [9.17, 15) is 4.57 Å². The summed E-state index contributed by atoms with van der Waals surface area (Å²) < 4.78 is 25.9. The number of hydrogen-bond donors (Lipinski definition) is 0. The molecule has 0 saturated heterocycles. The first kappa shape index (κ1) is 13.9. The van der Waals surface area contributed by atoms with Crippen LogP contribution < -0.4 is 0 Å². The highest BCUT2D eigenvalue weighted by Gasteiger charge is 2.33. The Kier molecular flexibility index (Phi) is 5.66. The van der Waals surface area contributed by atoms with E-state index in [1.807, 2.05) is 0 Å². The average Bonchev–Trinajstić information content (AvgIpc) is 1.76. The van der Waals surface area contributed by atoms with Crippen LogP contribution in [0.5, 0.6) is 0 Å². The molecule has 0 unspecified atom stereocenters. The van der Waals surface area contributed by atoms with Crippen LogP contribution in [0.15, 0.2) is 0 Å². The predicted molar refractivity (Wildman–Crippen MR) is 65.7 cm³/mol. The Hall–Kier alpha value is -0.100. The van der Waals surface area contributed by atoms with Gasteiger partial charge in [0.05, 0.1) is 0 Å². The highest BCUT2D eigenvalue weighted by molar-refractivity contribution is 7.81. The van der Waals surface area contributed by atoms with Gasteiger partial charge in [-0.2, -0.15) is 4.57 Å². The molecule has 0 fully saturated rings. The van der Waals surface area contributed by atoms with Gasteiger partial charge in [-0.05, 0) is 36.7 Å². The molecule has 0 rings (SSSR count). The molecule has 14 heavy (non-hydrogen) atoms. The van der Waals surface area contributed by atoms with Crippen LogP contribution in [0.2, 0.25) is 0 Å². The van der Waals surface area contributed by atoms with Crippen molar-refractivity contribution in [2.24, 2.45) is 0 Å². The third-order valence-corrected chi connectivity index (χ3v) is 2.83. The van der Waals surface area contributed by atoms with Crippen molar-refractivity contribution in [1.29, 1.82) is 0 Å². The van der Waals surface area contributed by atoms with Crippen LogP contribution in [-0.4, -0.2) is 15.2 Å². The molecule has 0 heterocycles. The maximum Gasteiger partial charge on any atom is 0.648 e. The van der Waals surface area contributed by atoms with E-state index >= 15 is 0 Å². The highest BCUT2D eigenvalue weighted by atomic mass is 32.1. The lowest BCUT2D eigenvalue weighted by atomic mass is 10.9. The van der Waals surface area contributed by atoms with Gasteiger partial charge in [0.1, 0.15) is 0 Å². The minimum absolute atomic E-state index is 0.0285. The van der Waals surface area contributed by atoms with Crippen molar-refractivity contribution in [3.63, 3.8) is 0 Å². The molecule has 0 radical (unpaired) electrons. The standard InChI is InChI=1S/C6H9O4PS3/c1-4(12)8-11(7,9-5(2)13)10-6(3)14/h1-3H3. The van der Waals surface area contributed by atoms with Crippen LogP contribution in [0, 0.1) is 0 Å². The molecule has 0 aliphatic carbocycles. The van der Waals surface area contributed by atoms with Crippen molar-refractivity contribution in [2.75, 3.05) is 0 Å². The molecule has 0 aromatic rings. The molecule has 0 N–H and O–H groups in total. The quantitative estimate of drug-likeness (QED) is 0.577. The van der Waals surface area contributed by atoms with Crippen molar-refractivity contribution < 1.29 is 18.1 Å². The molecular weight excluding hydrogens is 263 g/mol. The third kappa shape index (κ3) is 6.37. The Morgan fingerprint density at radius 3 is 1.21 bits per heavy atom. The van der Waals surface area contributed by atoms with Crippen molar-refractivity contribution in [3.8, 4) is 0 Å². The molecule has 0 atom stereocenters. The van der Waals surface area contributed by atoms with Gasteiger partial charge in [0.2, 0.25) is 0 Å². The second-order valence-corrected chi connectivity index (χ2v) is 5.36. The molecular formula is C6H9O4PS3. The van der Waals surface area contributed by atoms with Crippen molar-refractivity contribution in [3.05, 3.63) is 0 Å². The van der Waals surface area contributed by atoms with Gasteiger partial charge in [0, 0.05) is 20.8 Å². The number of hydrogen-bond acceptors (Lipinski definition) is 7. The molecule has 0 saturated carbocycles. The number of thiocarbonyl (C=S) groups is 3. The molecule has 0 amide bonds. The van der Waals surface area contributed by atoms with Gasteiger partial charge in [-0.3, -0.25) is 0 Å². The van der Waals surface area contributed by atoms with Gasteiger partial charge in [0.25, 0.3) is 0 Å². The van der Waals surface area contributed by atoms with E-state index in [1.54, 1.807) is 0 Å². The average molecular weight is 272 g/mol. The zero-order valence-electron chi connectivity index (χ0n) is 7.80. The Bertz CT molecular complexity index is 267. The van der Waals surface area contributed by atoms with Gasteiger partial charge in [-0.15, -0.1) is 0 Å². The van der Waals surface area contributed by atoms with Crippen LogP contribution in [0.4, 0.5) is 0 Å². The van der Waals surface area contributed by atoms with E-state index in [2.05, 4.69) is 36.7 Å². The Balaban J connectivity index is 4.66. The molecule has 8 heteroatoms. The maximum absolute atomic E-state index is 11.7. The van der Waals surface area contributed by atoms with Crippen LogP contribution in [-0.2, 0) is 18.1 Å². The molecule has 0 bridgehead atoms. The summed E-state index contributed by atoms with van der Waals surface area (Å²) in [7, 11) is -3.81. The summed E-state index contributed by atoms with van der Waals surface area (Å²) in [4.78, 5) is 0. The second-order valence-electron chi connectivity index (χ2n) is 2.20. The fourth-order valence-electron chi connectivity index (χ4n) is 0.528. The summed E-state index contributed by atoms with van der Waals surface area (Å²) in [5, 5.41) is 0.0856. The summed E-state index contributed by atoms with van der Waals surface area (Å²) in [6.45, 7) is 4.31. The monoisotopic (exact) mass is 272 g/mol. The molecule has 0 aromatic heterocycles. The van der Waals surface area contributed by atoms with E-state index in [0.29, 0.717) is 0 Å². The number of rotatable bonds is 3. The fourth-order valence-corrected chi connectivity index (χ4v) is 2.41. The Morgan fingerprint density at radius 2 is 1.07 bits per heavy atom. The summed E-state index contributed by atoms with van der Waals surface area (Å²) in [5.41, 5.74) is 0. The Morgan fingerprint density at radius 1 is 0.857 bits per heavy atom. The van der Waals surface area contributed by atoms with E-state index < -0.39 is 7.82 Å². The maximum atomic E-state index is 11.7. The lowest BCUT2D eigenvalue weighted by Gasteiger charge is -2.16. The molecule has 80 valence electrons. The topological polar surface area (TPSA) is 44.8 Å². The smallest absolute Gasteiger partial charge is 0.379 e. The summed E-state index contributed by atoms with van der Waals surface area (Å²) in [6.07, 6.45) is 0. The molecule has 0 aliphatic rings. The van der Waals surface area contributed by atoms with Crippen LogP contribution in [0.1, 0.15) is 20.8 Å². The van der Waals surface area contributed by atoms with Gasteiger partial charge in [-0.1, -0.05) is 0 Å². The van der Waals surface area contributed by atoms with Gasteiger partial charge >= 0.3 is 7.82 Å². The lowest BCUT2D eigenvalue weighted by molar-refractivity contribution is 0.291. The third-order valence-electron chi connectivity index (χ3n) is 0.721. The summed E-state index contributed by atoms with van der Waals surface area (Å²) in [6, 6.07) is 0. The van der Waals surface area contributed by atoms with Gasteiger partial charge in [0.15, 0.2) is 15.2 Å². The Labute approximate surface area is 98.5 Å². The molecule has 0 spiro atoms. The normalized spacial score (nSPS) is 10.2. The minimum atomic E-state index is -3.81. The second kappa shape index (κ2) is 5.70. The van der Waals surface area contributed by atoms with Crippen molar-refractivity contribution in [2.45, 2.75) is 20.8 Å². The SMILES string of the molecule is CC(=S)OP(=O)(OC(C)=S)OC(C)=S. The van der Waals surface area contributed by atoms with Crippen molar-refractivity contribution >= 4 is 59.6 Å². The molecule has 4 nitrogen and oxygen atoms in total. The van der Waals surface area contributed by atoms with E-state index in [1.165, 1.54) is 20.8 Å². The van der Waals surface area contributed by atoms with E-state index in [4.69, 9.17) is 13.6 Å². The highest BCUT2D eigenvalue weighted by Crippen LogP contribution is 2.50. The van der Waals surface area contributed by atoms with Gasteiger partial charge in [-0.25, -0.2) is 0 Å². The first-order chi connectivity index (χ1) is 6.25. The first-order valence-corrected chi connectivity index (χ1v) is 6.14. The van der Waals surface area contributed by atoms with Crippen molar-refractivity contribution in [1.82, 2.24) is 0 Å². The van der Waals surface area contributed by atoms with Crippen LogP contribution in [0.25, 0.3) is 0 Å². The van der Waals surface area contributed by atoms with Crippen LogP contribution >= 0.6 is 44.5 Å². The largest absolute Gasteiger partial charge is 0.648 e. The lowest BCUT2D eigenvalue weighted by Crippen LogP contribution is -2.06. The summed E-state index contributed by atoms with van der Waals surface area (Å²) >= 11 is 13.8. The zero-order chi connectivity index (χ0) is 11.4. The van der Waals surface area contributed by atoms with E-state index in [-0.39, 0.29) is 15.2 Å². The van der Waals surface area contributed by atoms with E-state index in [0.717, 1.165) is 0 Å². The predicted octanol–water partition coefficient (Wildman–Crippen LogP) is 3.19. The zero-order valence-corrected chi connectivity index (χ0v) is 11.1. The number of phosphoric ester groups is 1. The fraction of sp³-hybridized carbons (Fsp3) is 0.500. The summed E-state index contributed by atoms with van der Waals surface area (Å²) in [5.74, 6) is 0. The first-order valence-electron chi connectivity index (χ1n) is 3.46. The molecule has 0 aliphatic heterocycles. The molecule has 0 aromatic carbocycles. The number of phosphoric acid groups is 1. The van der Waals surface area contributed by atoms with Crippen LogP contribution in [0.3, 0.4) is 0 Å². The minimum Gasteiger partial charge on any atom is -0.379 e. The van der Waals surface area contributed by atoms with Gasteiger partial charge < -0.3 is 13.6 Å².